The van der Waals surface area contributed by atoms with Gasteiger partial charge in [0.05, 0.1) is 0 Å². The van der Waals surface area contributed by atoms with Gasteiger partial charge in [0.15, 0.2) is 0 Å². The van der Waals surface area contributed by atoms with Gasteiger partial charge in [0.2, 0.25) is 0 Å². The molecule has 0 aliphatic heterocycles. The third-order valence-electron chi connectivity index (χ3n) is 2.79. The zero-order valence-electron chi connectivity index (χ0n) is 8.40. The van der Waals surface area contributed by atoms with Gasteiger partial charge >= 0.3 is 5.97 Å². The fourth-order valence-corrected chi connectivity index (χ4v) is 2.10. The van der Waals surface area contributed by atoms with Crippen LogP contribution in [0, 0.1) is 0 Å². The molecule has 1 aliphatic rings. The Bertz CT molecular complexity index is 448. The number of carboxylic acid groups (broad SMARTS) is 1. The number of aromatic nitrogens is 1. The number of fused-ring (bicyclic) bond motifs is 1. The first kappa shape index (κ1) is 9.96. The first-order valence-corrected chi connectivity index (χ1v) is 5.12. The van der Waals surface area contributed by atoms with Gasteiger partial charge in [0, 0.05) is 11.8 Å². The van der Waals surface area contributed by atoms with Gasteiger partial charge in [0.25, 0.3) is 5.56 Å². The third kappa shape index (κ3) is 1.93. The fourth-order valence-electron chi connectivity index (χ4n) is 2.10. The van der Waals surface area contributed by atoms with Gasteiger partial charge in [-0.2, -0.15) is 0 Å². The molecule has 0 amide bonds. The SMILES string of the molecule is O=C(O)Cn1c2c(ccc1=O)CCCC2. The van der Waals surface area contributed by atoms with Crippen molar-refractivity contribution >= 4 is 5.97 Å². The molecule has 1 aromatic heterocycles. The topological polar surface area (TPSA) is 59.3 Å². The average Bonchev–Trinajstić information content (AvgIpc) is 2.22. The smallest absolute Gasteiger partial charge is 0.323 e. The Labute approximate surface area is 87.2 Å². The summed E-state index contributed by atoms with van der Waals surface area (Å²) in [6, 6.07) is 3.29. The second-order valence-electron chi connectivity index (χ2n) is 3.83. The number of carboxylic acids is 1. The molecule has 1 aliphatic carbocycles. The van der Waals surface area contributed by atoms with Crippen LogP contribution in [0.3, 0.4) is 0 Å². The molecule has 0 fully saturated rings. The minimum Gasteiger partial charge on any atom is -0.480 e. The monoisotopic (exact) mass is 207 g/mol. The summed E-state index contributed by atoms with van der Waals surface area (Å²) in [4.78, 5) is 22.2. The van der Waals surface area contributed by atoms with Crippen molar-refractivity contribution in [3.05, 3.63) is 33.7 Å². The Morgan fingerprint density at radius 3 is 2.80 bits per heavy atom. The molecule has 0 unspecified atom stereocenters. The largest absolute Gasteiger partial charge is 0.480 e. The standard InChI is InChI=1S/C11H13NO3/c13-10-6-5-8-3-1-2-4-9(8)12(10)7-11(14)15/h5-6H,1-4,7H2,(H,14,15). The number of aryl methyl sites for hydroxylation is 1. The lowest BCUT2D eigenvalue weighted by molar-refractivity contribution is -0.137. The van der Waals surface area contributed by atoms with E-state index in [2.05, 4.69) is 0 Å². The maximum atomic E-state index is 11.5. The molecule has 4 heteroatoms. The zero-order chi connectivity index (χ0) is 10.8. The molecule has 0 bridgehead atoms. The molecular formula is C11H13NO3. The number of hydrogen-bond donors (Lipinski definition) is 1. The Morgan fingerprint density at radius 1 is 1.33 bits per heavy atom. The molecule has 1 aromatic rings. The number of pyridine rings is 1. The molecule has 2 rings (SSSR count). The second-order valence-corrected chi connectivity index (χ2v) is 3.83. The summed E-state index contributed by atoms with van der Waals surface area (Å²) < 4.78 is 1.39. The second kappa shape index (κ2) is 3.88. The van der Waals surface area contributed by atoms with Gasteiger partial charge in [-0.15, -0.1) is 0 Å². The summed E-state index contributed by atoms with van der Waals surface area (Å²) in [5.41, 5.74) is 1.83. The van der Waals surface area contributed by atoms with Crippen molar-refractivity contribution < 1.29 is 9.90 Å². The van der Waals surface area contributed by atoms with Crippen LogP contribution in [0.25, 0.3) is 0 Å². The summed E-state index contributed by atoms with van der Waals surface area (Å²) in [7, 11) is 0. The molecule has 0 atom stereocenters. The lowest BCUT2D eigenvalue weighted by Gasteiger charge is -2.19. The molecule has 1 N–H and O–H groups in total. The summed E-state index contributed by atoms with van der Waals surface area (Å²) in [5.74, 6) is -0.962. The van der Waals surface area contributed by atoms with Crippen molar-refractivity contribution in [1.82, 2.24) is 4.57 Å². The van der Waals surface area contributed by atoms with Gasteiger partial charge in [-0.3, -0.25) is 9.59 Å². The molecule has 0 spiro atoms. The van der Waals surface area contributed by atoms with Gasteiger partial charge in [-0.1, -0.05) is 6.07 Å². The summed E-state index contributed by atoms with van der Waals surface area (Å²) >= 11 is 0. The Kier molecular flexibility index (Phi) is 2.58. The molecule has 1 heterocycles. The van der Waals surface area contributed by atoms with Gasteiger partial charge in [-0.05, 0) is 31.2 Å². The molecule has 0 aromatic carbocycles. The van der Waals surface area contributed by atoms with Crippen LogP contribution >= 0.6 is 0 Å². The van der Waals surface area contributed by atoms with E-state index < -0.39 is 5.97 Å². The molecule has 80 valence electrons. The molecule has 4 nitrogen and oxygen atoms in total. The van der Waals surface area contributed by atoms with Crippen LogP contribution in [0.4, 0.5) is 0 Å². The molecule has 0 saturated heterocycles. The van der Waals surface area contributed by atoms with Gasteiger partial charge in [-0.25, -0.2) is 0 Å². The van der Waals surface area contributed by atoms with Crippen LogP contribution in [0.1, 0.15) is 24.1 Å². The minimum absolute atomic E-state index is 0.210. The van der Waals surface area contributed by atoms with E-state index in [1.165, 1.54) is 10.6 Å². The van der Waals surface area contributed by atoms with Gasteiger partial charge < -0.3 is 9.67 Å². The molecule has 0 radical (unpaired) electrons. The van der Waals surface area contributed by atoms with E-state index in [1.54, 1.807) is 0 Å². The Morgan fingerprint density at radius 2 is 2.07 bits per heavy atom. The summed E-state index contributed by atoms with van der Waals surface area (Å²) in [6.07, 6.45) is 3.93. The van der Waals surface area contributed by atoms with E-state index in [-0.39, 0.29) is 12.1 Å². The van der Waals surface area contributed by atoms with E-state index in [0.29, 0.717) is 0 Å². The van der Waals surface area contributed by atoms with E-state index in [9.17, 15) is 9.59 Å². The van der Waals surface area contributed by atoms with Crippen molar-refractivity contribution in [2.75, 3.05) is 0 Å². The van der Waals surface area contributed by atoms with Crippen molar-refractivity contribution in [3.63, 3.8) is 0 Å². The zero-order valence-corrected chi connectivity index (χ0v) is 8.40. The number of carbonyl (C=O) groups is 1. The van der Waals surface area contributed by atoms with Crippen LogP contribution in [0.2, 0.25) is 0 Å². The maximum Gasteiger partial charge on any atom is 0.323 e. The first-order chi connectivity index (χ1) is 7.18. The van der Waals surface area contributed by atoms with E-state index in [4.69, 9.17) is 5.11 Å². The van der Waals surface area contributed by atoms with Crippen molar-refractivity contribution in [3.8, 4) is 0 Å². The molecule has 0 saturated carbocycles. The molecular weight excluding hydrogens is 194 g/mol. The van der Waals surface area contributed by atoms with Crippen LogP contribution in [-0.2, 0) is 24.2 Å². The van der Waals surface area contributed by atoms with Gasteiger partial charge in [0.1, 0.15) is 6.54 Å². The highest BCUT2D eigenvalue weighted by atomic mass is 16.4. The van der Waals surface area contributed by atoms with E-state index >= 15 is 0 Å². The summed E-state index contributed by atoms with van der Waals surface area (Å²) in [5, 5.41) is 8.73. The Hall–Kier alpha value is -1.58. The predicted octanol–water partition coefficient (Wildman–Crippen LogP) is 0.812. The lowest BCUT2D eigenvalue weighted by atomic mass is 9.96. The number of nitrogens with zero attached hydrogens (tertiary/aromatic N) is 1. The highest BCUT2D eigenvalue weighted by Crippen LogP contribution is 2.19. The van der Waals surface area contributed by atoms with Crippen LogP contribution in [0.15, 0.2) is 16.9 Å². The highest BCUT2D eigenvalue weighted by Gasteiger charge is 2.15. The van der Waals surface area contributed by atoms with Crippen LogP contribution in [-0.4, -0.2) is 15.6 Å². The first-order valence-electron chi connectivity index (χ1n) is 5.12. The minimum atomic E-state index is -0.962. The normalized spacial score (nSPS) is 14.7. The lowest BCUT2D eigenvalue weighted by Crippen LogP contribution is -2.28. The quantitative estimate of drug-likeness (QED) is 0.780. The van der Waals surface area contributed by atoms with Crippen molar-refractivity contribution in [2.45, 2.75) is 32.2 Å². The Balaban J connectivity index is 2.50. The van der Waals surface area contributed by atoms with Crippen LogP contribution in [0.5, 0.6) is 0 Å². The van der Waals surface area contributed by atoms with E-state index in [1.807, 2.05) is 6.07 Å². The molecule has 15 heavy (non-hydrogen) atoms. The number of rotatable bonds is 2. The average molecular weight is 207 g/mol. The number of aliphatic carboxylic acids is 1. The van der Waals surface area contributed by atoms with E-state index in [0.717, 1.165) is 36.9 Å². The van der Waals surface area contributed by atoms with Crippen molar-refractivity contribution in [2.24, 2.45) is 0 Å². The number of hydrogen-bond acceptors (Lipinski definition) is 2. The maximum absolute atomic E-state index is 11.5. The highest BCUT2D eigenvalue weighted by molar-refractivity contribution is 5.66. The van der Waals surface area contributed by atoms with Crippen molar-refractivity contribution in [1.29, 1.82) is 0 Å². The fraction of sp³-hybridized carbons (Fsp3) is 0.455. The predicted molar refractivity (Wildman–Crippen MR) is 55.0 cm³/mol. The third-order valence-corrected chi connectivity index (χ3v) is 2.79. The summed E-state index contributed by atoms with van der Waals surface area (Å²) in [6.45, 7) is -0.220. The van der Waals surface area contributed by atoms with Crippen LogP contribution < -0.4 is 5.56 Å².